The van der Waals surface area contributed by atoms with Gasteiger partial charge in [0.25, 0.3) is 0 Å². The lowest BCUT2D eigenvalue weighted by molar-refractivity contribution is -0.117. The highest BCUT2D eigenvalue weighted by Gasteiger charge is 2.22. The van der Waals surface area contributed by atoms with Crippen molar-refractivity contribution in [2.24, 2.45) is 0 Å². The standard InChI is InChI=1S/C25H29N3O6/c1-15(26-24(31)34-25(2,3)4)23(30)27-18-13-16(11-12-21(18)32-6)28(5)19-14-22(29)33-20-10-8-7-9-17(19)20/h7-15H,1-6H3,(H,26,31)(H,27,30). The van der Waals surface area contributed by atoms with Gasteiger partial charge in [-0.25, -0.2) is 9.59 Å². The number of nitrogens with one attached hydrogen (secondary N) is 2. The van der Waals surface area contributed by atoms with Crippen LogP contribution >= 0.6 is 0 Å². The number of para-hydroxylation sites is 1. The highest BCUT2D eigenvalue weighted by Crippen LogP contribution is 2.34. The molecule has 0 aliphatic heterocycles. The lowest BCUT2D eigenvalue weighted by atomic mass is 10.1. The Morgan fingerprint density at radius 3 is 2.47 bits per heavy atom. The summed E-state index contributed by atoms with van der Waals surface area (Å²) in [5.41, 5.74) is 1.07. The van der Waals surface area contributed by atoms with Crippen molar-refractivity contribution in [1.29, 1.82) is 0 Å². The van der Waals surface area contributed by atoms with Crippen LogP contribution in [-0.2, 0) is 9.53 Å². The van der Waals surface area contributed by atoms with E-state index in [1.165, 1.54) is 13.2 Å². The molecular formula is C25H29N3O6. The Balaban J connectivity index is 1.86. The first-order valence-electron chi connectivity index (χ1n) is 10.7. The first-order valence-corrected chi connectivity index (χ1v) is 10.7. The number of methoxy groups -OCH3 is 1. The van der Waals surface area contributed by atoms with Gasteiger partial charge in [0.1, 0.15) is 23.0 Å². The fraction of sp³-hybridized carbons (Fsp3) is 0.320. The molecular weight excluding hydrogens is 438 g/mol. The Labute approximate surface area is 197 Å². The maximum absolute atomic E-state index is 12.7. The summed E-state index contributed by atoms with van der Waals surface area (Å²) in [4.78, 5) is 38.7. The summed E-state index contributed by atoms with van der Waals surface area (Å²) in [5, 5.41) is 6.06. The zero-order valence-corrected chi connectivity index (χ0v) is 20.1. The molecule has 1 unspecified atom stereocenters. The number of carbonyl (C=O) groups excluding carboxylic acids is 2. The maximum Gasteiger partial charge on any atom is 0.408 e. The molecule has 0 fully saturated rings. The van der Waals surface area contributed by atoms with Crippen LogP contribution in [0, 0.1) is 0 Å². The van der Waals surface area contributed by atoms with Gasteiger partial charge in [-0.3, -0.25) is 4.79 Å². The summed E-state index contributed by atoms with van der Waals surface area (Å²) in [6, 6.07) is 13.0. The third-order valence-electron chi connectivity index (χ3n) is 4.94. The number of amides is 2. The molecule has 3 aromatic rings. The molecule has 0 radical (unpaired) electrons. The minimum Gasteiger partial charge on any atom is -0.495 e. The van der Waals surface area contributed by atoms with E-state index in [9.17, 15) is 14.4 Å². The summed E-state index contributed by atoms with van der Waals surface area (Å²) < 4.78 is 15.9. The van der Waals surface area contributed by atoms with Crippen molar-refractivity contribution in [3.8, 4) is 5.75 Å². The van der Waals surface area contributed by atoms with E-state index in [0.717, 1.165) is 5.39 Å². The normalized spacial score (nSPS) is 12.1. The van der Waals surface area contributed by atoms with Crippen molar-refractivity contribution in [2.45, 2.75) is 39.3 Å². The number of ether oxygens (including phenoxy) is 2. The monoisotopic (exact) mass is 467 g/mol. The van der Waals surface area contributed by atoms with E-state index in [-0.39, 0.29) is 0 Å². The SMILES string of the molecule is COc1ccc(N(C)c2cc(=O)oc3ccccc23)cc1NC(=O)C(C)NC(=O)OC(C)(C)C. The lowest BCUT2D eigenvalue weighted by Crippen LogP contribution is -2.44. The predicted octanol–water partition coefficient (Wildman–Crippen LogP) is 4.42. The van der Waals surface area contributed by atoms with Crippen molar-refractivity contribution >= 4 is 40.0 Å². The molecule has 1 aromatic heterocycles. The van der Waals surface area contributed by atoms with Crippen LogP contribution in [0.5, 0.6) is 5.75 Å². The molecule has 0 bridgehead atoms. The first-order chi connectivity index (χ1) is 16.0. The van der Waals surface area contributed by atoms with Crippen LogP contribution in [0.2, 0.25) is 0 Å². The zero-order chi connectivity index (χ0) is 25.0. The summed E-state index contributed by atoms with van der Waals surface area (Å²) >= 11 is 0. The minimum atomic E-state index is -0.858. The van der Waals surface area contributed by atoms with E-state index >= 15 is 0 Å². The number of hydrogen-bond donors (Lipinski definition) is 2. The number of benzene rings is 2. The van der Waals surface area contributed by atoms with Crippen LogP contribution in [0.15, 0.2) is 57.7 Å². The van der Waals surface area contributed by atoms with E-state index in [2.05, 4.69) is 10.6 Å². The van der Waals surface area contributed by atoms with E-state index in [1.807, 2.05) is 17.0 Å². The van der Waals surface area contributed by atoms with Gasteiger partial charge in [0.05, 0.1) is 18.5 Å². The van der Waals surface area contributed by atoms with Crippen molar-refractivity contribution in [3.05, 3.63) is 59.0 Å². The number of hydrogen-bond acceptors (Lipinski definition) is 7. The molecule has 3 rings (SSSR count). The fourth-order valence-corrected chi connectivity index (χ4v) is 3.30. The zero-order valence-electron chi connectivity index (χ0n) is 20.1. The van der Waals surface area contributed by atoms with Gasteiger partial charge in [-0.1, -0.05) is 12.1 Å². The molecule has 34 heavy (non-hydrogen) atoms. The number of rotatable bonds is 6. The van der Waals surface area contributed by atoms with Gasteiger partial charge in [0, 0.05) is 24.2 Å². The smallest absolute Gasteiger partial charge is 0.408 e. The predicted molar refractivity (Wildman–Crippen MR) is 131 cm³/mol. The molecule has 1 atom stereocenters. The Morgan fingerprint density at radius 1 is 1.09 bits per heavy atom. The molecule has 9 nitrogen and oxygen atoms in total. The Bertz CT molecular complexity index is 1260. The van der Waals surface area contributed by atoms with Gasteiger partial charge >= 0.3 is 11.7 Å². The quantitative estimate of drug-likeness (QED) is 0.516. The van der Waals surface area contributed by atoms with Gasteiger partial charge in [0.2, 0.25) is 5.91 Å². The Kier molecular flexibility index (Phi) is 7.14. The average molecular weight is 468 g/mol. The second-order valence-corrected chi connectivity index (χ2v) is 8.75. The molecule has 2 N–H and O–H groups in total. The van der Waals surface area contributed by atoms with Crippen LogP contribution in [0.1, 0.15) is 27.7 Å². The van der Waals surface area contributed by atoms with Crippen molar-refractivity contribution < 1.29 is 23.5 Å². The summed E-state index contributed by atoms with van der Waals surface area (Å²) in [6.45, 7) is 6.77. The van der Waals surface area contributed by atoms with Crippen LogP contribution in [0.4, 0.5) is 21.9 Å². The van der Waals surface area contributed by atoms with Gasteiger partial charge in [-0.15, -0.1) is 0 Å². The topological polar surface area (TPSA) is 110 Å². The number of carbonyl (C=O) groups is 2. The summed E-state index contributed by atoms with van der Waals surface area (Å²) in [7, 11) is 3.30. The lowest BCUT2D eigenvalue weighted by Gasteiger charge is -2.23. The van der Waals surface area contributed by atoms with Crippen LogP contribution < -0.4 is 25.9 Å². The minimum absolute atomic E-state index is 0.405. The highest BCUT2D eigenvalue weighted by atomic mass is 16.6. The van der Waals surface area contributed by atoms with E-state index in [4.69, 9.17) is 13.9 Å². The Morgan fingerprint density at radius 2 is 1.79 bits per heavy atom. The van der Waals surface area contributed by atoms with Gasteiger partial charge in [-0.05, 0) is 58.0 Å². The van der Waals surface area contributed by atoms with Crippen LogP contribution in [-0.4, -0.2) is 37.8 Å². The molecule has 9 heteroatoms. The van der Waals surface area contributed by atoms with Crippen molar-refractivity contribution in [3.63, 3.8) is 0 Å². The van der Waals surface area contributed by atoms with Crippen LogP contribution in [0.3, 0.4) is 0 Å². The highest BCUT2D eigenvalue weighted by molar-refractivity contribution is 5.98. The second kappa shape index (κ2) is 9.86. The number of anilines is 3. The molecule has 180 valence electrons. The Hall–Kier alpha value is -4.01. The largest absolute Gasteiger partial charge is 0.495 e. The van der Waals surface area contributed by atoms with Crippen LogP contribution in [0.25, 0.3) is 11.0 Å². The van der Waals surface area contributed by atoms with Gasteiger partial charge < -0.3 is 29.4 Å². The van der Waals surface area contributed by atoms with E-state index in [1.54, 1.807) is 65.1 Å². The molecule has 0 aliphatic rings. The van der Waals surface area contributed by atoms with Gasteiger partial charge in [0.15, 0.2) is 0 Å². The second-order valence-electron chi connectivity index (χ2n) is 8.75. The number of alkyl carbamates (subject to hydrolysis) is 1. The third-order valence-corrected chi connectivity index (χ3v) is 4.94. The first kappa shape index (κ1) is 24.6. The summed E-state index contributed by atoms with van der Waals surface area (Å²) in [6.07, 6.45) is -0.689. The molecule has 1 heterocycles. The fourth-order valence-electron chi connectivity index (χ4n) is 3.30. The molecule has 2 aromatic carbocycles. The molecule has 0 saturated carbocycles. The summed E-state index contributed by atoms with van der Waals surface area (Å²) in [5.74, 6) is -0.0119. The molecule has 0 saturated heterocycles. The molecule has 0 spiro atoms. The number of fused-ring (bicyclic) bond motifs is 1. The van der Waals surface area contributed by atoms with E-state index < -0.39 is 29.3 Å². The molecule has 0 aliphatic carbocycles. The van der Waals surface area contributed by atoms with Crippen molar-refractivity contribution in [2.75, 3.05) is 24.4 Å². The maximum atomic E-state index is 12.7. The third kappa shape index (κ3) is 5.86. The molecule has 2 amide bonds. The average Bonchev–Trinajstić information content (AvgIpc) is 2.76. The van der Waals surface area contributed by atoms with Gasteiger partial charge in [-0.2, -0.15) is 0 Å². The van der Waals surface area contributed by atoms with E-state index in [0.29, 0.717) is 28.4 Å². The van der Waals surface area contributed by atoms with Crippen molar-refractivity contribution in [1.82, 2.24) is 5.32 Å². The number of nitrogens with zero attached hydrogens (tertiary/aromatic N) is 1.